The van der Waals surface area contributed by atoms with Crippen molar-refractivity contribution < 1.29 is 9.90 Å². The largest absolute Gasteiger partial charge is 0.480 e. The molecule has 0 fully saturated rings. The first-order valence-electron chi connectivity index (χ1n) is 3.67. The Morgan fingerprint density at radius 2 is 2.43 bits per heavy atom. The first kappa shape index (κ1) is 10.6. The van der Waals surface area contributed by atoms with E-state index in [1.54, 1.807) is 6.26 Å². The van der Waals surface area contributed by atoms with Crippen molar-refractivity contribution in [2.24, 2.45) is 0 Å². The second kappa shape index (κ2) is 4.14. The second-order valence-electron chi connectivity index (χ2n) is 2.49. The summed E-state index contributed by atoms with van der Waals surface area (Å²) in [5.41, 5.74) is 4.75. The highest BCUT2D eigenvalue weighted by molar-refractivity contribution is 7.98. The third-order valence-corrected chi connectivity index (χ3v) is 2.20. The highest BCUT2D eigenvalue weighted by Gasteiger charge is 2.10. The second-order valence-corrected chi connectivity index (χ2v) is 3.26. The highest BCUT2D eigenvalue weighted by Crippen LogP contribution is 2.09. The number of carboxylic acids is 1. The summed E-state index contributed by atoms with van der Waals surface area (Å²) in [4.78, 5) is 25.7. The number of anilines is 1. The molecular weight excluding hydrogens is 206 g/mol. The van der Waals surface area contributed by atoms with Crippen molar-refractivity contribution in [3.8, 4) is 0 Å². The van der Waals surface area contributed by atoms with Crippen LogP contribution in [0.25, 0.3) is 0 Å². The van der Waals surface area contributed by atoms with Crippen molar-refractivity contribution in [2.75, 3.05) is 12.0 Å². The van der Waals surface area contributed by atoms with Gasteiger partial charge in [0, 0.05) is 0 Å². The van der Waals surface area contributed by atoms with Gasteiger partial charge in [-0.3, -0.25) is 14.2 Å². The molecule has 0 spiro atoms. The molecule has 7 heteroatoms. The zero-order chi connectivity index (χ0) is 10.7. The summed E-state index contributed by atoms with van der Waals surface area (Å²) >= 11 is 1.19. The molecule has 1 aromatic rings. The van der Waals surface area contributed by atoms with E-state index in [0.717, 1.165) is 4.57 Å². The zero-order valence-corrected chi connectivity index (χ0v) is 8.24. The van der Waals surface area contributed by atoms with Gasteiger partial charge in [0.25, 0.3) is 5.56 Å². The van der Waals surface area contributed by atoms with E-state index in [1.165, 1.54) is 18.0 Å². The van der Waals surface area contributed by atoms with Crippen LogP contribution in [0.3, 0.4) is 0 Å². The Hall–Kier alpha value is -1.50. The third kappa shape index (κ3) is 2.05. The van der Waals surface area contributed by atoms with Crippen LogP contribution in [0.2, 0.25) is 0 Å². The van der Waals surface area contributed by atoms with Crippen molar-refractivity contribution in [3.05, 3.63) is 16.6 Å². The summed E-state index contributed by atoms with van der Waals surface area (Å²) in [6.07, 6.45) is 2.93. The van der Waals surface area contributed by atoms with Gasteiger partial charge in [0.1, 0.15) is 12.2 Å². The molecule has 0 aromatic carbocycles. The molecule has 0 saturated carbocycles. The van der Waals surface area contributed by atoms with Crippen LogP contribution in [0.1, 0.15) is 0 Å². The molecule has 1 aromatic heterocycles. The molecule has 3 N–H and O–H groups in total. The van der Waals surface area contributed by atoms with E-state index >= 15 is 0 Å². The highest BCUT2D eigenvalue weighted by atomic mass is 32.2. The smallest absolute Gasteiger partial charge is 0.323 e. The first-order chi connectivity index (χ1) is 6.56. The minimum absolute atomic E-state index is 0.0518. The molecule has 0 bridgehead atoms. The predicted molar refractivity (Wildman–Crippen MR) is 52.3 cm³/mol. The SMILES string of the molecule is CSc1ncc(N)c(=O)n1CC(=O)O. The topological polar surface area (TPSA) is 98.2 Å². The average molecular weight is 215 g/mol. The Morgan fingerprint density at radius 1 is 1.79 bits per heavy atom. The van der Waals surface area contributed by atoms with Gasteiger partial charge in [0.05, 0.1) is 6.20 Å². The fourth-order valence-electron chi connectivity index (χ4n) is 0.930. The lowest BCUT2D eigenvalue weighted by Gasteiger charge is -2.07. The van der Waals surface area contributed by atoms with Crippen LogP contribution < -0.4 is 11.3 Å². The van der Waals surface area contributed by atoms with Gasteiger partial charge in [-0.15, -0.1) is 0 Å². The zero-order valence-electron chi connectivity index (χ0n) is 7.43. The molecule has 0 unspecified atom stereocenters. The summed E-state index contributed by atoms with van der Waals surface area (Å²) in [6, 6.07) is 0. The summed E-state index contributed by atoms with van der Waals surface area (Å²) < 4.78 is 1.03. The Labute approximate surface area is 83.8 Å². The number of aromatic nitrogens is 2. The van der Waals surface area contributed by atoms with E-state index < -0.39 is 18.1 Å². The fourth-order valence-corrected chi connectivity index (χ4v) is 1.46. The predicted octanol–water partition coefficient (Wildman–Crippen LogP) is -0.368. The van der Waals surface area contributed by atoms with Crippen LogP contribution in [0.4, 0.5) is 5.69 Å². The van der Waals surface area contributed by atoms with Crippen molar-refractivity contribution >= 4 is 23.4 Å². The van der Waals surface area contributed by atoms with Gasteiger partial charge in [-0.2, -0.15) is 0 Å². The Balaban J connectivity index is 3.28. The van der Waals surface area contributed by atoms with Crippen LogP contribution in [0.5, 0.6) is 0 Å². The molecule has 0 amide bonds. The standard InChI is InChI=1S/C7H9N3O3S/c1-14-7-9-2-4(8)6(13)10(7)3-5(11)12/h2H,3,8H2,1H3,(H,11,12). The normalized spacial score (nSPS) is 10.1. The van der Waals surface area contributed by atoms with Crippen molar-refractivity contribution in [1.29, 1.82) is 0 Å². The number of carbonyl (C=O) groups is 1. The maximum atomic E-state index is 11.4. The summed E-state index contributed by atoms with van der Waals surface area (Å²) in [7, 11) is 0. The number of nitrogen functional groups attached to an aromatic ring is 1. The first-order valence-corrected chi connectivity index (χ1v) is 4.90. The van der Waals surface area contributed by atoms with E-state index in [-0.39, 0.29) is 5.69 Å². The molecule has 0 atom stereocenters. The molecular formula is C7H9N3O3S. The lowest BCUT2D eigenvalue weighted by Crippen LogP contribution is -2.28. The summed E-state index contributed by atoms with van der Waals surface area (Å²) in [5, 5.41) is 8.90. The van der Waals surface area contributed by atoms with Crippen LogP contribution in [-0.2, 0) is 11.3 Å². The monoisotopic (exact) mass is 215 g/mol. The third-order valence-electron chi connectivity index (χ3n) is 1.51. The van der Waals surface area contributed by atoms with Gasteiger partial charge in [0.2, 0.25) is 0 Å². The number of hydrogen-bond donors (Lipinski definition) is 2. The Morgan fingerprint density at radius 3 is 2.93 bits per heavy atom. The Bertz CT molecular complexity index is 415. The van der Waals surface area contributed by atoms with Gasteiger partial charge in [-0.25, -0.2) is 4.98 Å². The lowest BCUT2D eigenvalue weighted by molar-refractivity contribution is -0.137. The van der Waals surface area contributed by atoms with Crippen molar-refractivity contribution in [2.45, 2.75) is 11.7 Å². The van der Waals surface area contributed by atoms with Gasteiger partial charge >= 0.3 is 5.97 Å². The number of thioether (sulfide) groups is 1. The Kier molecular flexibility index (Phi) is 3.13. The van der Waals surface area contributed by atoms with Gasteiger partial charge in [-0.1, -0.05) is 11.8 Å². The van der Waals surface area contributed by atoms with Crippen LogP contribution in [0, 0.1) is 0 Å². The van der Waals surface area contributed by atoms with Crippen molar-refractivity contribution in [1.82, 2.24) is 9.55 Å². The number of nitrogens with zero attached hydrogens (tertiary/aromatic N) is 2. The summed E-state index contributed by atoms with van der Waals surface area (Å²) in [6.45, 7) is -0.424. The fraction of sp³-hybridized carbons (Fsp3) is 0.286. The van der Waals surface area contributed by atoms with Crippen molar-refractivity contribution in [3.63, 3.8) is 0 Å². The molecule has 1 heterocycles. The molecule has 0 aliphatic rings. The molecule has 6 nitrogen and oxygen atoms in total. The number of carboxylic acid groups (broad SMARTS) is 1. The molecule has 0 aliphatic carbocycles. The number of hydrogen-bond acceptors (Lipinski definition) is 5. The molecule has 0 saturated heterocycles. The maximum Gasteiger partial charge on any atom is 0.323 e. The van der Waals surface area contributed by atoms with E-state index in [9.17, 15) is 9.59 Å². The maximum absolute atomic E-state index is 11.4. The molecule has 76 valence electrons. The number of rotatable bonds is 3. The van der Waals surface area contributed by atoms with E-state index in [1.807, 2.05) is 0 Å². The number of nitrogens with two attached hydrogens (primary N) is 1. The van der Waals surface area contributed by atoms with Gasteiger partial charge in [-0.05, 0) is 6.26 Å². The van der Waals surface area contributed by atoms with E-state index in [2.05, 4.69) is 4.98 Å². The van der Waals surface area contributed by atoms with Gasteiger partial charge in [0.15, 0.2) is 5.16 Å². The number of aliphatic carboxylic acids is 1. The minimum atomic E-state index is -1.10. The van der Waals surface area contributed by atoms with Crippen LogP contribution in [0.15, 0.2) is 16.1 Å². The van der Waals surface area contributed by atoms with Gasteiger partial charge < -0.3 is 10.8 Å². The molecule has 0 aliphatic heterocycles. The lowest BCUT2D eigenvalue weighted by atomic mass is 10.5. The van der Waals surface area contributed by atoms with Crippen LogP contribution in [-0.4, -0.2) is 26.9 Å². The average Bonchev–Trinajstić information content (AvgIpc) is 2.13. The molecule has 0 radical (unpaired) electrons. The molecule has 1 rings (SSSR count). The summed E-state index contributed by atoms with van der Waals surface area (Å²) in [5.74, 6) is -1.10. The van der Waals surface area contributed by atoms with E-state index in [4.69, 9.17) is 10.8 Å². The quantitative estimate of drug-likeness (QED) is 0.527. The van der Waals surface area contributed by atoms with E-state index in [0.29, 0.717) is 5.16 Å². The minimum Gasteiger partial charge on any atom is -0.480 e. The van der Waals surface area contributed by atoms with Crippen LogP contribution >= 0.6 is 11.8 Å². The molecule has 14 heavy (non-hydrogen) atoms.